The first-order chi connectivity index (χ1) is 20.3. The van der Waals surface area contributed by atoms with Crippen LogP contribution >= 0.6 is 0 Å². The van der Waals surface area contributed by atoms with Gasteiger partial charge < -0.3 is 15.5 Å². The lowest BCUT2D eigenvalue weighted by atomic mass is 9.97. The van der Waals surface area contributed by atoms with Gasteiger partial charge in [0.25, 0.3) is 5.91 Å². The Kier molecular flexibility index (Phi) is 8.89. The molecule has 1 aliphatic rings. The third kappa shape index (κ3) is 6.48. The molecule has 3 amide bonds. The van der Waals surface area contributed by atoms with Gasteiger partial charge in [-0.05, 0) is 43.4 Å². The minimum atomic E-state index is -0.705. The highest BCUT2D eigenvalue weighted by Gasteiger charge is 2.31. The van der Waals surface area contributed by atoms with Gasteiger partial charge in [0.2, 0.25) is 11.8 Å². The number of carbonyl (C=O) groups excluding carboxylic acids is 3. The second kappa shape index (κ2) is 12.9. The van der Waals surface area contributed by atoms with E-state index in [9.17, 15) is 14.4 Å². The highest BCUT2D eigenvalue weighted by atomic mass is 16.2. The second-order valence-corrected chi connectivity index (χ2v) is 10.8. The number of rotatable bonds is 5. The van der Waals surface area contributed by atoms with Crippen LogP contribution in [-0.4, -0.2) is 71.9 Å². The molecular weight excluding hydrogens is 534 g/mol. The van der Waals surface area contributed by atoms with E-state index in [1.807, 2.05) is 51.1 Å². The zero-order valence-electron chi connectivity index (χ0n) is 24.2. The van der Waals surface area contributed by atoms with Crippen LogP contribution in [0.1, 0.15) is 66.7 Å². The summed E-state index contributed by atoms with van der Waals surface area (Å²) < 4.78 is 1.78. The summed E-state index contributed by atoms with van der Waals surface area (Å²) in [6, 6.07) is 14.0. The number of fused-ring (bicyclic) bond motifs is 2. The number of nitrogens with one attached hydrogen (secondary N) is 3. The lowest BCUT2D eigenvalue weighted by molar-refractivity contribution is -0.130. The average molecular weight is 572 g/mol. The van der Waals surface area contributed by atoms with E-state index in [0.717, 1.165) is 5.56 Å². The Bertz CT molecular complexity index is 1550. The van der Waals surface area contributed by atoms with Crippen molar-refractivity contribution in [3.05, 3.63) is 71.3 Å². The van der Waals surface area contributed by atoms with Crippen LogP contribution in [0.4, 0.5) is 0 Å². The van der Waals surface area contributed by atoms with Crippen LogP contribution in [0.15, 0.2) is 48.5 Å². The van der Waals surface area contributed by atoms with Gasteiger partial charge in [0.05, 0.1) is 18.2 Å². The number of aryl methyl sites for hydroxylation is 1. The molecule has 0 unspecified atom stereocenters. The summed E-state index contributed by atoms with van der Waals surface area (Å²) in [5.41, 5.74) is 2.57. The monoisotopic (exact) mass is 571 g/mol. The summed E-state index contributed by atoms with van der Waals surface area (Å²) in [6.45, 7) is 6.79. The van der Waals surface area contributed by atoms with Crippen molar-refractivity contribution in [2.45, 2.75) is 65.1 Å². The second-order valence-electron chi connectivity index (χ2n) is 10.8. The summed E-state index contributed by atoms with van der Waals surface area (Å²) in [7, 11) is 0. The van der Waals surface area contributed by atoms with Crippen molar-refractivity contribution in [3.8, 4) is 0 Å². The smallest absolute Gasteiger partial charge is 0.256 e. The van der Waals surface area contributed by atoms with E-state index in [1.54, 1.807) is 27.8 Å². The summed E-state index contributed by atoms with van der Waals surface area (Å²) in [4.78, 5) is 47.0. The molecule has 3 heterocycles. The van der Waals surface area contributed by atoms with Crippen molar-refractivity contribution in [2.24, 2.45) is 5.92 Å². The number of aromatic nitrogens is 6. The first-order valence-electron chi connectivity index (χ1n) is 14.5. The fourth-order valence-corrected chi connectivity index (χ4v) is 5.33. The Morgan fingerprint density at radius 3 is 2.62 bits per heavy atom. The molecule has 0 saturated carbocycles. The standard InChI is InChI=1S/C30H37N9O3/c1-4-19(2)26-29(41)32-24(18-21-10-6-5-7-11-21)28-31-20(3)36-39(28)17-16-38(15-9-14-25(40)33-26)30(42)22-12-8-13-23-27(22)35-37-34-23/h5-8,10-13,19,24,26H,4,9,14-18H2,1-3H3,(H,32,41)(H,33,40)(H,34,35,37)/t19-,24-,26-/m0/s1. The summed E-state index contributed by atoms with van der Waals surface area (Å²) in [5.74, 6) is 0.407. The van der Waals surface area contributed by atoms with Crippen LogP contribution in [0.5, 0.6) is 0 Å². The van der Waals surface area contributed by atoms with Crippen molar-refractivity contribution in [3.63, 3.8) is 0 Å². The minimum Gasteiger partial charge on any atom is -0.344 e. The fourth-order valence-electron chi connectivity index (χ4n) is 5.33. The normalized spacial score (nSPS) is 19.5. The number of hydrogen-bond donors (Lipinski definition) is 3. The van der Waals surface area contributed by atoms with Crippen LogP contribution in [0, 0.1) is 12.8 Å². The molecular formula is C30H37N9O3. The van der Waals surface area contributed by atoms with Crippen LogP contribution < -0.4 is 10.6 Å². The van der Waals surface area contributed by atoms with Gasteiger partial charge in [0.1, 0.15) is 28.7 Å². The van der Waals surface area contributed by atoms with E-state index in [1.165, 1.54) is 0 Å². The molecule has 42 heavy (non-hydrogen) atoms. The number of benzene rings is 2. The molecule has 220 valence electrons. The molecule has 12 heteroatoms. The predicted molar refractivity (Wildman–Crippen MR) is 156 cm³/mol. The van der Waals surface area contributed by atoms with Crippen molar-refractivity contribution >= 4 is 28.8 Å². The number of amides is 3. The largest absolute Gasteiger partial charge is 0.344 e. The van der Waals surface area contributed by atoms with E-state index in [2.05, 4.69) is 31.1 Å². The molecule has 5 rings (SSSR count). The van der Waals surface area contributed by atoms with Gasteiger partial charge in [0, 0.05) is 19.5 Å². The Hall–Kier alpha value is -4.61. The number of aromatic amines is 1. The molecule has 0 radical (unpaired) electrons. The molecule has 12 nitrogen and oxygen atoms in total. The van der Waals surface area contributed by atoms with Crippen LogP contribution in [0.2, 0.25) is 0 Å². The van der Waals surface area contributed by atoms with E-state index in [0.29, 0.717) is 67.1 Å². The molecule has 0 spiro atoms. The van der Waals surface area contributed by atoms with Gasteiger partial charge in [0.15, 0.2) is 0 Å². The molecule has 3 N–H and O–H groups in total. The maximum atomic E-state index is 13.8. The highest BCUT2D eigenvalue weighted by molar-refractivity contribution is 6.04. The first-order valence-corrected chi connectivity index (χ1v) is 14.5. The Morgan fingerprint density at radius 1 is 1.02 bits per heavy atom. The number of H-pyrrole nitrogens is 1. The van der Waals surface area contributed by atoms with Crippen molar-refractivity contribution < 1.29 is 14.4 Å². The quantitative estimate of drug-likeness (QED) is 0.333. The molecule has 2 aromatic heterocycles. The van der Waals surface area contributed by atoms with Gasteiger partial charge >= 0.3 is 0 Å². The lowest BCUT2D eigenvalue weighted by Crippen LogP contribution is -2.51. The Balaban J connectivity index is 1.50. The molecule has 0 saturated heterocycles. The zero-order valence-corrected chi connectivity index (χ0v) is 24.2. The third-order valence-electron chi connectivity index (χ3n) is 7.81. The van der Waals surface area contributed by atoms with Crippen LogP contribution in [-0.2, 0) is 22.6 Å². The Morgan fingerprint density at radius 2 is 1.83 bits per heavy atom. The maximum absolute atomic E-state index is 13.8. The molecule has 3 atom stereocenters. The van der Waals surface area contributed by atoms with E-state index < -0.39 is 12.1 Å². The zero-order chi connectivity index (χ0) is 29.6. The minimum absolute atomic E-state index is 0.0835. The molecule has 0 fully saturated rings. The molecule has 0 aliphatic carbocycles. The number of nitrogens with zero attached hydrogens (tertiary/aromatic N) is 6. The highest BCUT2D eigenvalue weighted by Crippen LogP contribution is 2.21. The predicted octanol–water partition coefficient (Wildman–Crippen LogP) is 2.72. The van der Waals surface area contributed by atoms with E-state index in [-0.39, 0.29) is 30.1 Å². The van der Waals surface area contributed by atoms with Gasteiger partial charge in [-0.1, -0.05) is 56.7 Å². The number of carbonyl (C=O) groups is 3. The summed E-state index contributed by atoms with van der Waals surface area (Å²) in [6.07, 6.45) is 1.82. The van der Waals surface area contributed by atoms with Gasteiger partial charge in [-0.15, -0.1) is 0 Å². The average Bonchev–Trinajstić information content (AvgIpc) is 3.63. The van der Waals surface area contributed by atoms with E-state index >= 15 is 0 Å². The van der Waals surface area contributed by atoms with Crippen LogP contribution in [0.25, 0.3) is 11.0 Å². The molecule has 0 bridgehead atoms. The SMILES string of the molecule is CC[C@H](C)[C@@H]1NC(=O)CCCN(C(=O)c2cccc3n[nH]nc23)CCn2nc(C)nc2[C@H](Cc2ccccc2)NC1=O. The third-order valence-corrected chi connectivity index (χ3v) is 7.81. The molecule has 4 aromatic rings. The van der Waals surface area contributed by atoms with Crippen LogP contribution in [0.3, 0.4) is 0 Å². The van der Waals surface area contributed by atoms with Crippen molar-refractivity contribution in [2.75, 3.05) is 13.1 Å². The maximum Gasteiger partial charge on any atom is 0.256 e. The number of para-hydroxylation sites is 1. The summed E-state index contributed by atoms with van der Waals surface area (Å²) in [5, 5.41) is 21.7. The first kappa shape index (κ1) is 28.9. The topological polar surface area (TPSA) is 151 Å². The van der Waals surface area contributed by atoms with Gasteiger partial charge in [-0.2, -0.15) is 20.5 Å². The Labute approximate surface area is 244 Å². The number of hydrogen-bond acceptors (Lipinski definition) is 7. The van der Waals surface area contributed by atoms with Gasteiger partial charge in [-0.25, -0.2) is 9.67 Å². The lowest BCUT2D eigenvalue weighted by Gasteiger charge is -2.28. The molecule has 1 aliphatic heterocycles. The van der Waals surface area contributed by atoms with E-state index in [4.69, 9.17) is 4.98 Å². The van der Waals surface area contributed by atoms with Crippen molar-refractivity contribution in [1.29, 1.82) is 0 Å². The molecule has 2 aromatic carbocycles. The van der Waals surface area contributed by atoms with Crippen molar-refractivity contribution in [1.82, 2.24) is 45.7 Å². The van der Waals surface area contributed by atoms with Gasteiger partial charge in [-0.3, -0.25) is 14.4 Å². The summed E-state index contributed by atoms with van der Waals surface area (Å²) >= 11 is 0. The fraction of sp³-hybridized carbons (Fsp3) is 0.433.